The van der Waals surface area contributed by atoms with Gasteiger partial charge in [0.15, 0.2) is 16.5 Å². The van der Waals surface area contributed by atoms with Gasteiger partial charge in [-0.2, -0.15) is 8.82 Å². The van der Waals surface area contributed by atoms with E-state index in [2.05, 4.69) is 20.3 Å². The summed E-state index contributed by atoms with van der Waals surface area (Å²) < 4.78 is 30.3. The molecule has 0 atom stereocenters. The summed E-state index contributed by atoms with van der Waals surface area (Å²) in [6, 6.07) is 3.79. The van der Waals surface area contributed by atoms with E-state index in [9.17, 15) is 8.42 Å². The van der Waals surface area contributed by atoms with E-state index in [1.165, 1.54) is 16.8 Å². The highest BCUT2D eigenvalue weighted by Gasteiger charge is 2.33. The maximum Gasteiger partial charge on any atom is 0.262 e. The van der Waals surface area contributed by atoms with Gasteiger partial charge in [-0.1, -0.05) is 0 Å². The summed E-state index contributed by atoms with van der Waals surface area (Å²) in [6.45, 7) is 0.845. The van der Waals surface area contributed by atoms with Crippen LogP contribution in [0.25, 0.3) is 5.65 Å². The van der Waals surface area contributed by atoms with Crippen molar-refractivity contribution in [1.82, 2.24) is 33.7 Å². The van der Waals surface area contributed by atoms with Gasteiger partial charge in [-0.05, 0) is 25.0 Å². The number of sulfonamides is 1. The van der Waals surface area contributed by atoms with Crippen LogP contribution in [0.15, 0.2) is 29.7 Å². The second-order valence-electron chi connectivity index (χ2n) is 6.97. The lowest BCUT2D eigenvalue weighted by Gasteiger charge is -2.29. The van der Waals surface area contributed by atoms with Crippen LogP contribution in [0.4, 0.5) is 5.82 Å². The molecule has 4 heterocycles. The molecule has 1 fully saturated rings. The van der Waals surface area contributed by atoms with E-state index in [0.29, 0.717) is 31.6 Å². The average Bonchev–Trinajstić information content (AvgIpc) is 3.27. The number of fused-ring (bicyclic) bond motifs is 1. The van der Waals surface area contributed by atoms with Gasteiger partial charge in [-0.15, -0.1) is 15.3 Å². The topological polar surface area (TPSA) is 102 Å². The number of imidazole rings is 1. The fourth-order valence-electron chi connectivity index (χ4n) is 3.30. The second-order valence-corrected chi connectivity index (χ2v) is 8.85. The number of piperidine rings is 1. The van der Waals surface area contributed by atoms with Crippen LogP contribution in [0, 0.1) is 0 Å². The molecule has 144 valence electrons. The van der Waals surface area contributed by atoms with Crippen LogP contribution < -0.4 is 4.90 Å². The smallest absolute Gasteiger partial charge is 0.262 e. The van der Waals surface area contributed by atoms with E-state index in [0.717, 1.165) is 11.6 Å². The Morgan fingerprint density at radius 3 is 2.52 bits per heavy atom. The minimum absolute atomic E-state index is 0.0914. The molecule has 0 aliphatic carbocycles. The molecule has 0 amide bonds. The van der Waals surface area contributed by atoms with Crippen molar-refractivity contribution in [1.29, 1.82) is 0 Å². The SMILES string of the molecule is CN(C)c1ccc2nnc(C3CCN(S(=O)(=O)c4cn(C)cn4)CC3)n2n1. The second kappa shape index (κ2) is 6.57. The minimum Gasteiger partial charge on any atom is -0.361 e. The van der Waals surface area contributed by atoms with Gasteiger partial charge in [0.25, 0.3) is 10.0 Å². The van der Waals surface area contributed by atoms with Gasteiger partial charge in [0.2, 0.25) is 0 Å². The Morgan fingerprint density at radius 2 is 1.89 bits per heavy atom. The zero-order valence-corrected chi connectivity index (χ0v) is 16.3. The molecule has 0 aromatic carbocycles. The molecule has 4 rings (SSSR count). The maximum atomic E-state index is 12.7. The fraction of sp³-hybridized carbons (Fsp3) is 0.500. The Morgan fingerprint density at radius 1 is 1.15 bits per heavy atom. The van der Waals surface area contributed by atoms with Gasteiger partial charge in [0.05, 0.1) is 6.33 Å². The first kappa shape index (κ1) is 17.9. The molecular weight excluding hydrogens is 368 g/mol. The number of aryl methyl sites for hydroxylation is 1. The molecule has 3 aromatic heterocycles. The van der Waals surface area contributed by atoms with E-state index in [-0.39, 0.29) is 10.9 Å². The van der Waals surface area contributed by atoms with Crippen LogP contribution in [-0.2, 0) is 17.1 Å². The van der Waals surface area contributed by atoms with Gasteiger partial charge in [0.1, 0.15) is 5.82 Å². The van der Waals surface area contributed by atoms with Crippen molar-refractivity contribution in [3.05, 3.63) is 30.5 Å². The molecule has 0 saturated carbocycles. The molecular formula is C16H22N8O2S. The summed E-state index contributed by atoms with van der Waals surface area (Å²) in [7, 11) is 2.06. The highest BCUT2D eigenvalue weighted by molar-refractivity contribution is 7.89. The lowest BCUT2D eigenvalue weighted by molar-refractivity contribution is 0.311. The standard InChI is InChI=1S/C16H22N8O2S/c1-21(2)14-5-4-13-18-19-16(24(13)20-14)12-6-8-23(9-7-12)27(25,26)15-10-22(3)11-17-15/h4-5,10-12H,6-9H2,1-3H3. The molecule has 27 heavy (non-hydrogen) atoms. The summed E-state index contributed by atoms with van der Waals surface area (Å²) in [6.07, 6.45) is 4.36. The minimum atomic E-state index is -3.56. The Bertz CT molecular complexity index is 1060. The van der Waals surface area contributed by atoms with Crippen molar-refractivity contribution in [2.45, 2.75) is 23.8 Å². The van der Waals surface area contributed by atoms with Crippen molar-refractivity contribution >= 4 is 21.5 Å². The Balaban J connectivity index is 1.54. The molecule has 1 saturated heterocycles. The van der Waals surface area contributed by atoms with Crippen LogP contribution in [-0.4, -0.2) is 69.3 Å². The lowest BCUT2D eigenvalue weighted by atomic mass is 9.97. The first-order chi connectivity index (χ1) is 12.9. The van der Waals surface area contributed by atoms with Crippen LogP contribution in [0.2, 0.25) is 0 Å². The Hall–Kier alpha value is -2.53. The third kappa shape index (κ3) is 3.16. The summed E-state index contributed by atoms with van der Waals surface area (Å²) >= 11 is 0. The van der Waals surface area contributed by atoms with Crippen LogP contribution >= 0.6 is 0 Å². The molecule has 0 bridgehead atoms. The molecule has 3 aromatic rings. The summed E-state index contributed by atoms with van der Waals surface area (Å²) in [4.78, 5) is 5.91. The summed E-state index contributed by atoms with van der Waals surface area (Å²) in [5.41, 5.74) is 0.694. The Kier molecular flexibility index (Phi) is 4.35. The van der Waals surface area contributed by atoms with E-state index in [4.69, 9.17) is 0 Å². The van der Waals surface area contributed by atoms with Gasteiger partial charge in [-0.25, -0.2) is 13.4 Å². The maximum absolute atomic E-state index is 12.7. The van der Waals surface area contributed by atoms with Crippen LogP contribution in [0.3, 0.4) is 0 Å². The fourth-order valence-corrected chi connectivity index (χ4v) is 4.73. The van der Waals surface area contributed by atoms with Crippen molar-refractivity contribution in [2.75, 3.05) is 32.1 Å². The Labute approximate surface area is 157 Å². The molecule has 11 heteroatoms. The first-order valence-electron chi connectivity index (χ1n) is 8.74. The molecule has 0 N–H and O–H groups in total. The normalized spacial score (nSPS) is 16.9. The number of nitrogens with zero attached hydrogens (tertiary/aromatic N) is 8. The van der Waals surface area contributed by atoms with Crippen molar-refractivity contribution in [3.8, 4) is 0 Å². The number of rotatable bonds is 4. The predicted octanol–water partition coefficient (Wildman–Crippen LogP) is 0.492. The molecule has 0 unspecified atom stereocenters. The highest BCUT2D eigenvalue weighted by Crippen LogP contribution is 2.29. The van der Waals surface area contributed by atoms with E-state index >= 15 is 0 Å². The average molecular weight is 390 g/mol. The van der Waals surface area contributed by atoms with Crippen molar-refractivity contribution in [3.63, 3.8) is 0 Å². The van der Waals surface area contributed by atoms with Gasteiger partial charge < -0.3 is 9.47 Å². The van der Waals surface area contributed by atoms with Gasteiger partial charge in [0, 0.05) is 46.3 Å². The third-order valence-corrected chi connectivity index (χ3v) is 6.62. The van der Waals surface area contributed by atoms with E-state index in [1.54, 1.807) is 16.1 Å². The zero-order valence-electron chi connectivity index (χ0n) is 15.5. The number of hydrogen-bond acceptors (Lipinski definition) is 7. The zero-order chi connectivity index (χ0) is 19.2. The third-order valence-electron chi connectivity index (χ3n) is 4.84. The lowest BCUT2D eigenvalue weighted by Crippen LogP contribution is -2.38. The largest absolute Gasteiger partial charge is 0.361 e. The summed E-state index contributed by atoms with van der Waals surface area (Å²) in [5, 5.41) is 13.2. The molecule has 0 spiro atoms. The number of hydrogen-bond donors (Lipinski definition) is 0. The van der Waals surface area contributed by atoms with E-state index < -0.39 is 10.0 Å². The number of aromatic nitrogens is 6. The quantitative estimate of drug-likeness (QED) is 0.639. The molecule has 1 aliphatic heterocycles. The number of anilines is 1. The predicted molar refractivity (Wildman–Crippen MR) is 99.1 cm³/mol. The van der Waals surface area contributed by atoms with Crippen molar-refractivity contribution in [2.24, 2.45) is 7.05 Å². The van der Waals surface area contributed by atoms with Gasteiger partial charge >= 0.3 is 0 Å². The first-order valence-corrected chi connectivity index (χ1v) is 10.2. The monoisotopic (exact) mass is 390 g/mol. The highest BCUT2D eigenvalue weighted by atomic mass is 32.2. The summed E-state index contributed by atoms with van der Waals surface area (Å²) in [5.74, 6) is 1.71. The van der Waals surface area contributed by atoms with E-state index in [1.807, 2.05) is 31.1 Å². The van der Waals surface area contributed by atoms with Crippen molar-refractivity contribution < 1.29 is 8.42 Å². The van der Waals surface area contributed by atoms with Gasteiger partial charge in [-0.3, -0.25) is 0 Å². The van der Waals surface area contributed by atoms with Crippen LogP contribution in [0.5, 0.6) is 0 Å². The van der Waals surface area contributed by atoms with Crippen LogP contribution in [0.1, 0.15) is 24.6 Å². The molecule has 10 nitrogen and oxygen atoms in total. The molecule has 0 radical (unpaired) electrons. The molecule has 1 aliphatic rings.